The molecule has 0 spiro atoms. The second kappa shape index (κ2) is 8.66. The molecule has 0 saturated heterocycles. The van der Waals surface area contributed by atoms with Gasteiger partial charge in [0.25, 0.3) is 0 Å². The summed E-state index contributed by atoms with van der Waals surface area (Å²) in [7, 11) is 0. The first kappa shape index (κ1) is 18.2. The summed E-state index contributed by atoms with van der Waals surface area (Å²) in [6.07, 6.45) is 2.97. The molecule has 0 saturated carbocycles. The van der Waals surface area contributed by atoms with Crippen LogP contribution in [0.15, 0.2) is 64.3 Å². The molecule has 0 atom stereocenters. The summed E-state index contributed by atoms with van der Waals surface area (Å²) < 4.78 is 10.7. The smallest absolute Gasteiger partial charge is 0.329 e. The van der Waals surface area contributed by atoms with Crippen LogP contribution in [-0.2, 0) is 16.1 Å². The molecule has 0 bridgehead atoms. The lowest BCUT2D eigenvalue weighted by molar-refractivity contribution is -0.139. The number of furan rings is 1. The summed E-state index contributed by atoms with van der Waals surface area (Å²) in [5, 5.41) is 8.32. The molecular weight excluding hydrogens is 346 g/mol. The highest BCUT2D eigenvalue weighted by atomic mass is 16.5. The Hall–Kier alpha value is -3.61. The van der Waals surface area contributed by atoms with E-state index in [1.54, 1.807) is 12.1 Å². The highest BCUT2D eigenvalue weighted by Gasteiger charge is 2.13. The molecule has 0 aliphatic heterocycles. The predicted molar refractivity (Wildman–Crippen MR) is 101 cm³/mol. The normalized spacial score (nSPS) is 10.9. The lowest BCUT2D eigenvalue weighted by atomic mass is 10.0. The lowest BCUT2D eigenvalue weighted by Crippen LogP contribution is -2.37. The fourth-order valence-corrected chi connectivity index (χ4v) is 2.56. The fraction of sp³-hybridized carbons (Fsp3) is 0.150. The Kier molecular flexibility index (Phi) is 5.84. The van der Waals surface area contributed by atoms with Gasteiger partial charge < -0.3 is 14.5 Å². The number of hydrazone groups is 1. The molecule has 27 heavy (non-hydrogen) atoms. The molecule has 1 aromatic heterocycles. The Morgan fingerprint density at radius 2 is 1.96 bits per heavy atom. The zero-order chi connectivity index (χ0) is 19.1. The van der Waals surface area contributed by atoms with E-state index < -0.39 is 11.8 Å². The van der Waals surface area contributed by atoms with Crippen LogP contribution in [0.1, 0.15) is 18.2 Å². The van der Waals surface area contributed by atoms with Gasteiger partial charge in [-0.1, -0.05) is 30.3 Å². The van der Waals surface area contributed by atoms with Crippen LogP contribution in [0.4, 0.5) is 0 Å². The maximum atomic E-state index is 11.9. The first-order valence-electron chi connectivity index (χ1n) is 8.47. The minimum absolute atomic E-state index is 0.126. The third kappa shape index (κ3) is 4.52. The molecule has 0 fully saturated rings. The molecule has 0 aliphatic carbocycles. The number of nitrogens with zero attached hydrogens (tertiary/aromatic N) is 1. The van der Waals surface area contributed by atoms with Crippen LogP contribution in [0, 0.1) is 0 Å². The Labute approximate surface area is 156 Å². The second-order valence-electron chi connectivity index (χ2n) is 5.59. The molecular formula is C20H19N3O4. The van der Waals surface area contributed by atoms with E-state index in [9.17, 15) is 9.59 Å². The average molecular weight is 365 g/mol. The number of carbonyl (C=O) groups is 2. The van der Waals surface area contributed by atoms with Crippen molar-refractivity contribution in [1.29, 1.82) is 0 Å². The van der Waals surface area contributed by atoms with Gasteiger partial charge in [0.05, 0.1) is 25.6 Å². The van der Waals surface area contributed by atoms with Crippen molar-refractivity contribution in [2.45, 2.75) is 13.5 Å². The standard InChI is InChI=1S/C20H19N3O4/c1-2-26-18-10-9-14-6-3-4-8-16(14)17(18)13-22-23-20(25)19(24)21-12-15-7-5-11-27-15/h3-11,13H,2,12H2,1H3,(H,21,24)(H,23,25)/b22-13-. The summed E-state index contributed by atoms with van der Waals surface area (Å²) in [6, 6.07) is 15.0. The minimum Gasteiger partial charge on any atom is -0.493 e. The molecule has 0 aliphatic rings. The number of fused-ring (bicyclic) bond motifs is 1. The first-order chi connectivity index (χ1) is 13.2. The third-order valence-corrected chi connectivity index (χ3v) is 3.80. The van der Waals surface area contributed by atoms with Crippen LogP contribution >= 0.6 is 0 Å². The largest absolute Gasteiger partial charge is 0.493 e. The Morgan fingerprint density at radius 1 is 1.11 bits per heavy atom. The summed E-state index contributed by atoms with van der Waals surface area (Å²) in [5.41, 5.74) is 2.96. The van der Waals surface area contributed by atoms with Gasteiger partial charge in [-0.15, -0.1) is 0 Å². The van der Waals surface area contributed by atoms with Crippen molar-refractivity contribution in [1.82, 2.24) is 10.7 Å². The van der Waals surface area contributed by atoms with Gasteiger partial charge in [-0.2, -0.15) is 5.10 Å². The number of amides is 2. The summed E-state index contributed by atoms with van der Waals surface area (Å²) >= 11 is 0. The average Bonchev–Trinajstić information content (AvgIpc) is 3.21. The van der Waals surface area contributed by atoms with Crippen LogP contribution < -0.4 is 15.5 Å². The molecule has 3 rings (SSSR count). The zero-order valence-corrected chi connectivity index (χ0v) is 14.8. The van der Waals surface area contributed by atoms with Gasteiger partial charge in [-0.3, -0.25) is 9.59 Å². The molecule has 2 aromatic carbocycles. The Balaban J connectivity index is 1.69. The van der Waals surface area contributed by atoms with Crippen molar-refractivity contribution in [3.63, 3.8) is 0 Å². The number of rotatable bonds is 6. The molecule has 3 aromatic rings. The van der Waals surface area contributed by atoms with Gasteiger partial charge in [0, 0.05) is 5.56 Å². The monoisotopic (exact) mass is 365 g/mol. The van der Waals surface area contributed by atoms with Gasteiger partial charge in [-0.25, -0.2) is 5.43 Å². The van der Waals surface area contributed by atoms with E-state index in [1.165, 1.54) is 12.5 Å². The highest BCUT2D eigenvalue weighted by Crippen LogP contribution is 2.26. The SMILES string of the molecule is CCOc1ccc2ccccc2c1/C=N\NC(=O)C(=O)NCc1ccco1. The molecule has 1 heterocycles. The van der Waals surface area contributed by atoms with E-state index >= 15 is 0 Å². The lowest BCUT2D eigenvalue weighted by Gasteiger charge is -2.10. The van der Waals surface area contributed by atoms with Crippen LogP contribution in [0.2, 0.25) is 0 Å². The number of hydrogen-bond acceptors (Lipinski definition) is 5. The van der Waals surface area contributed by atoms with Crippen molar-refractivity contribution in [3.05, 3.63) is 66.1 Å². The number of carbonyl (C=O) groups excluding carboxylic acids is 2. The van der Waals surface area contributed by atoms with E-state index in [2.05, 4.69) is 15.8 Å². The van der Waals surface area contributed by atoms with Crippen LogP contribution in [-0.4, -0.2) is 24.6 Å². The maximum Gasteiger partial charge on any atom is 0.329 e. The van der Waals surface area contributed by atoms with Crippen molar-refractivity contribution in [2.24, 2.45) is 5.10 Å². The van der Waals surface area contributed by atoms with Crippen LogP contribution in [0.5, 0.6) is 5.75 Å². The van der Waals surface area contributed by atoms with Crippen molar-refractivity contribution in [2.75, 3.05) is 6.61 Å². The minimum atomic E-state index is -0.865. The van der Waals surface area contributed by atoms with Crippen LogP contribution in [0.25, 0.3) is 10.8 Å². The number of hydrogen-bond donors (Lipinski definition) is 2. The van der Waals surface area contributed by atoms with Gasteiger partial charge in [0.15, 0.2) is 0 Å². The van der Waals surface area contributed by atoms with Crippen molar-refractivity contribution in [3.8, 4) is 5.75 Å². The highest BCUT2D eigenvalue weighted by molar-refractivity contribution is 6.35. The third-order valence-electron chi connectivity index (χ3n) is 3.80. The van der Waals surface area contributed by atoms with Crippen molar-refractivity contribution < 1.29 is 18.7 Å². The summed E-state index contributed by atoms with van der Waals surface area (Å²) in [5.74, 6) is -0.462. The number of benzene rings is 2. The van der Waals surface area contributed by atoms with Gasteiger partial charge in [0.2, 0.25) is 0 Å². The maximum absolute atomic E-state index is 11.9. The topological polar surface area (TPSA) is 92.9 Å². The predicted octanol–water partition coefficient (Wildman–Crippen LogP) is 2.60. The molecule has 2 N–H and O–H groups in total. The molecule has 7 heteroatoms. The van der Waals surface area contributed by atoms with Crippen molar-refractivity contribution >= 4 is 28.8 Å². The molecule has 7 nitrogen and oxygen atoms in total. The summed E-state index contributed by atoms with van der Waals surface area (Å²) in [6.45, 7) is 2.52. The first-order valence-corrected chi connectivity index (χ1v) is 8.47. The molecule has 138 valence electrons. The Morgan fingerprint density at radius 3 is 2.74 bits per heavy atom. The number of ether oxygens (including phenoxy) is 1. The fourth-order valence-electron chi connectivity index (χ4n) is 2.56. The van der Waals surface area contributed by atoms with E-state index in [4.69, 9.17) is 9.15 Å². The van der Waals surface area contributed by atoms with Gasteiger partial charge >= 0.3 is 11.8 Å². The van der Waals surface area contributed by atoms with Gasteiger partial charge in [-0.05, 0) is 35.9 Å². The molecule has 0 unspecified atom stereocenters. The Bertz CT molecular complexity index is 965. The van der Waals surface area contributed by atoms with E-state index in [1.807, 2.05) is 43.3 Å². The number of nitrogens with one attached hydrogen (secondary N) is 2. The second-order valence-corrected chi connectivity index (χ2v) is 5.59. The van der Waals surface area contributed by atoms with Gasteiger partial charge in [0.1, 0.15) is 11.5 Å². The summed E-state index contributed by atoms with van der Waals surface area (Å²) in [4.78, 5) is 23.7. The quantitative estimate of drug-likeness (QED) is 0.399. The zero-order valence-electron chi connectivity index (χ0n) is 14.8. The molecule has 2 amide bonds. The van der Waals surface area contributed by atoms with Crippen LogP contribution in [0.3, 0.4) is 0 Å². The van der Waals surface area contributed by atoms with E-state index in [-0.39, 0.29) is 6.54 Å². The van der Waals surface area contributed by atoms with E-state index in [0.717, 1.165) is 16.3 Å². The molecule has 0 radical (unpaired) electrons. The van der Waals surface area contributed by atoms with E-state index in [0.29, 0.717) is 18.1 Å².